The quantitative estimate of drug-likeness (QED) is 0.426. The molecule has 24 heavy (non-hydrogen) atoms. The minimum absolute atomic E-state index is 0. The van der Waals surface area contributed by atoms with E-state index in [1.807, 2.05) is 6.20 Å². The first kappa shape index (κ1) is 21.3. The second-order valence-corrected chi connectivity index (χ2v) is 7.41. The van der Waals surface area contributed by atoms with Crippen molar-refractivity contribution in [1.82, 2.24) is 19.8 Å². The summed E-state index contributed by atoms with van der Waals surface area (Å²) in [5.74, 6) is 4.15. The zero-order chi connectivity index (χ0) is 16.8. The van der Waals surface area contributed by atoms with Gasteiger partial charge >= 0.3 is 0 Å². The van der Waals surface area contributed by atoms with E-state index in [2.05, 4.69) is 60.6 Å². The summed E-state index contributed by atoms with van der Waals surface area (Å²) in [5.41, 5.74) is 0. The van der Waals surface area contributed by atoms with Crippen LogP contribution in [0.3, 0.4) is 0 Å². The summed E-state index contributed by atoms with van der Waals surface area (Å²) in [6.45, 7) is 16.0. The Morgan fingerprint density at radius 1 is 1.33 bits per heavy atom. The van der Waals surface area contributed by atoms with E-state index in [4.69, 9.17) is 4.99 Å². The molecule has 138 valence electrons. The molecule has 2 unspecified atom stereocenters. The molecule has 0 aromatic carbocycles. The summed E-state index contributed by atoms with van der Waals surface area (Å²) < 4.78 is 2.22. The Morgan fingerprint density at radius 3 is 2.58 bits per heavy atom. The molecule has 5 nitrogen and oxygen atoms in total. The standard InChI is InChI=1S/C18H33N5.HI/c1-6-19-18(23-12-15(4)9-16(5)13-23)21-10-17-20-7-8-22(17)11-14(2)3;/h7-8,14-16H,6,9-13H2,1-5H3,(H,19,21);1H. The Morgan fingerprint density at radius 2 is 2.00 bits per heavy atom. The largest absolute Gasteiger partial charge is 0.357 e. The first-order chi connectivity index (χ1) is 11.0. The van der Waals surface area contributed by atoms with Gasteiger partial charge in [0.05, 0.1) is 0 Å². The molecule has 0 aliphatic carbocycles. The minimum atomic E-state index is 0. The van der Waals surface area contributed by atoms with E-state index in [0.717, 1.165) is 49.8 Å². The monoisotopic (exact) mass is 447 g/mol. The van der Waals surface area contributed by atoms with Crippen molar-refractivity contribution in [3.8, 4) is 0 Å². The molecular weight excluding hydrogens is 413 g/mol. The van der Waals surface area contributed by atoms with Gasteiger partial charge in [0, 0.05) is 38.6 Å². The molecular formula is C18H34IN5. The molecule has 1 aromatic heterocycles. The number of aromatic nitrogens is 2. The molecule has 0 bridgehead atoms. The van der Waals surface area contributed by atoms with Crippen LogP contribution < -0.4 is 5.32 Å². The molecule has 1 N–H and O–H groups in total. The molecule has 0 spiro atoms. The highest BCUT2D eigenvalue weighted by Gasteiger charge is 2.24. The second kappa shape index (κ2) is 10.3. The number of rotatable bonds is 5. The van der Waals surface area contributed by atoms with E-state index in [0.29, 0.717) is 12.5 Å². The van der Waals surface area contributed by atoms with Gasteiger partial charge in [0.15, 0.2) is 5.96 Å². The van der Waals surface area contributed by atoms with E-state index < -0.39 is 0 Å². The number of imidazole rings is 1. The molecule has 2 rings (SSSR count). The van der Waals surface area contributed by atoms with Gasteiger partial charge in [0.25, 0.3) is 0 Å². The number of nitrogens with one attached hydrogen (secondary N) is 1. The van der Waals surface area contributed by atoms with Crippen molar-refractivity contribution in [3.63, 3.8) is 0 Å². The van der Waals surface area contributed by atoms with Gasteiger partial charge in [-0.25, -0.2) is 9.98 Å². The first-order valence-corrected chi connectivity index (χ1v) is 9.02. The SMILES string of the molecule is CCNC(=NCc1nccn1CC(C)C)N1CC(C)CC(C)C1.I. The lowest BCUT2D eigenvalue weighted by atomic mass is 9.92. The van der Waals surface area contributed by atoms with Gasteiger partial charge in [-0.05, 0) is 31.1 Å². The van der Waals surface area contributed by atoms with Crippen LogP contribution in [0.15, 0.2) is 17.4 Å². The van der Waals surface area contributed by atoms with E-state index in [1.165, 1.54) is 6.42 Å². The zero-order valence-corrected chi connectivity index (χ0v) is 18.2. The van der Waals surface area contributed by atoms with Crippen molar-refractivity contribution >= 4 is 29.9 Å². The molecule has 2 heterocycles. The highest BCUT2D eigenvalue weighted by atomic mass is 127. The third-order valence-electron chi connectivity index (χ3n) is 4.24. The summed E-state index contributed by atoms with van der Waals surface area (Å²) in [4.78, 5) is 11.8. The number of halogens is 1. The minimum Gasteiger partial charge on any atom is -0.357 e. The summed E-state index contributed by atoms with van der Waals surface area (Å²) in [6.07, 6.45) is 5.25. The van der Waals surface area contributed by atoms with Crippen molar-refractivity contribution in [2.24, 2.45) is 22.7 Å². The van der Waals surface area contributed by atoms with Crippen LogP contribution in [0.4, 0.5) is 0 Å². The Labute approximate surface area is 164 Å². The fourth-order valence-electron chi connectivity index (χ4n) is 3.46. The highest BCUT2D eigenvalue weighted by molar-refractivity contribution is 14.0. The third-order valence-corrected chi connectivity index (χ3v) is 4.24. The van der Waals surface area contributed by atoms with Crippen molar-refractivity contribution in [2.45, 2.75) is 54.1 Å². The van der Waals surface area contributed by atoms with Crippen LogP contribution >= 0.6 is 24.0 Å². The van der Waals surface area contributed by atoms with Gasteiger partial charge in [-0.1, -0.05) is 27.7 Å². The van der Waals surface area contributed by atoms with E-state index in [9.17, 15) is 0 Å². The fraction of sp³-hybridized carbons (Fsp3) is 0.778. The lowest BCUT2D eigenvalue weighted by Gasteiger charge is -2.37. The summed E-state index contributed by atoms with van der Waals surface area (Å²) in [6, 6.07) is 0. The number of aliphatic imine (C=N–C) groups is 1. The van der Waals surface area contributed by atoms with Crippen LogP contribution in [0.25, 0.3) is 0 Å². The third kappa shape index (κ3) is 6.26. The maximum absolute atomic E-state index is 4.86. The van der Waals surface area contributed by atoms with Crippen molar-refractivity contribution in [2.75, 3.05) is 19.6 Å². The van der Waals surface area contributed by atoms with Crippen LogP contribution in [-0.2, 0) is 13.1 Å². The van der Waals surface area contributed by atoms with Gasteiger partial charge in [-0.15, -0.1) is 24.0 Å². The summed E-state index contributed by atoms with van der Waals surface area (Å²) >= 11 is 0. The predicted molar refractivity (Wildman–Crippen MR) is 112 cm³/mol. The number of hydrogen-bond donors (Lipinski definition) is 1. The van der Waals surface area contributed by atoms with E-state index >= 15 is 0 Å². The summed E-state index contributed by atoms with van der Waals surface area (Å²) in [5, 5.41) is 3.46. The molecule has 0 radical (unpaired) electrons. The molecule has 1 aromatic rings. The number of guanidine groups is 1. The molecule has 1 saturated heterocycles. The van der Waals surface area contributed by atoms with Crippen LogP contribution in [0.5, 0.6) is 0 Å². The van der Waals surface area contributed by atoms with Crippen LogP contribution in [0.1, 0.15) is 46.9 Å². The maximum Gasteiger partial charge on any atom is 0.194 e. The smallest absolute Gasteiger partial charge is 0.194 e. The Bertz CT molecular complexity index is 501. The molecule has 1 fully saturated rings. The van der Waals surface area contributed by atoms with Gasteiger partial charge in [0.1, 0.15) is 12.4 Å². The highest BCUT2D eigenvalue weighted by Crippen LogP contribution is 2.21. The Kier molecular flexibility index (Phi) is 9.08. The van der Waals surface area contributed by atoms with Gasteiger partial charge in [-0.3, -0.25) is 0 Å². The molecule has 6 heteroatoms. The van der Waals surface area contributed by atoms with Crippen LogP contribution in [0, 0.1) is 17.8 Å². The normalized spacial score (nSPS) is 21.8. The average molecular weight is 447 g/mol. The number of piperidine rings is 1. The number of nitrogens with zero attached hydrogens (tertiary/aromatic N) is 4. The molecule has 1 aliphatic rings. The molecule has 0 saturated carbocycles. The van der Waals surface area contributed by atoms with Crippen molar-refractivity contribution in [1.29, 1.82) is 0 Å². The first-order valence-electron chi connectivity index (χ1n) is 9.02. The molecule has 2 atom stereocenters. The van der Waals surface area contributed by atoms with Crippen LogP contribution in [0.2, 0.25) is 0 Å². The van der Waals surface area contributed by atoms with Gasteiger partial charge in [-0.2, -0.15) is 0 Å². The summed E-state index contributed by atoms with van der Waals surface area (Å²) in [7, 11) is 0. The van der Waals surface area contributed by atoms with Gasteiger partial charge in [0.2, 0.25) is 0 Å². The number of hydrogen-bond acceptors (Lipinski definition) is 2. The number of likely N-dealkylation sites (tertiary alicyclic amines) is 1. The molecule has 0 amide bonds. The van der Waals surface area contributed by atoms with Crippen molar-refractivity contribution < 1.29 is 0 Å². The lowest BCUT2D eigenvalue weighted by molar-refractivity contribution is 0.208. The Balaban J connectivity index is 0.00000288. The molecule has 1 aliphatic heterocycles. The fourth-order valence-corrected chi connectivity index (χ4v) is 3.46. The Hall–Kier alpha value is -0.790. The van der Waals surface area contributed by atoms with Crippen LogP contribution in [-0.4, -0.2) is 40.0 Å². The topological polar surface area (TPSA) is 45.5 Å². The second-order valence-electron chi connectivity index (χ2n) is 7.41. The maximum atomic E-state index is 4.86. The van der Waals surface area contributed by atoms with Crippen molar-refractivity contribution in [3.05, 3.63) is 18.2 Å². The van der Waals surface area contributed by atoms with E-state index in [1.54, 1.807) is 0 Å². The average Bonchev–Trinajstić information content (AvgIpc) is 2.88. The van der Waals surface area contributed by atoms with Gasteiger partial charge < -0.3 is 14.8 Å². The van der Waals surface area contributed by atoms with E-state index in [-0.39, 0.29) is 24.0 Å². The zero-order valence-electron chi connectivity index (χ0n) is 15.8. The predicted octanol–water partition coefficient (Wildman–Crippen LogP) is 3.60. The lowest BCUT2D eigenvalue weighted by Crippen LogP contribution is -2.48.